The van der Waals surface area contributed by atoms with Gasteiger partial charge >= 0.3 is 0 Å². The minimum atomic E-state index is 0.598. The highest BCUT2D eigenvalue weighted by atomic mass is 14.3. The third kappa shape index (κ3) is 26.6. The molecular weight excluding hydrogens is 540 g/mol. The van der Waals surface area contributed by atoms with Crippen molar-refractivity contribution in [3.05, 3.63) is 0 Å². The lowest BCUT2D eigenvalue weighted by atomic mass is 9.71. The van der Waals surface area contributed by atoms with Crippen molar-refractivity contribution in [3.63, 3.8) is 0 Å². The van der Waals surface area contributed by atoms with E-state index in [9.17, 15) is 0 Å². The van der Waals surface area contributed by atoms with Gasteiger partial charge in [-0.05, 0) is 65.6 Å². The van der Waals surface area contributed by atoms with E-state index in [-0.39, 0.29) is 0 Å². The summed E-state index contributed by atoms with van der Waals surface area (Å²) in [5, 5.41) is 0. The van der Waals surface area contributed by atoms with E-state index in [2.05, 4.69) is 83.1 Å². The molecule has 0 spiro atoms. The van der Waals surface area contributed by atoms with Gasteiger partial charge in [0.05, 0.1) is 0 Å². The Morgan fingerprint density at radius 1 is 0.289 bits per heavy atom. The Morgan fingerprint density at radius 2 is 0.489 bits per heavy atom. The molecular formula is C45H92. The van der Waals surface area contributed by atoms with E-state index in [4.69, 9.17) is 0 Å². The molecule has 0 aromatic carbocycles. The first kappa shape index (κ1) is 45.0. The van der Waals surface area contributed by atoms with Crippen LogP contribution in [0.5, 0.6) is 0 Å². The van der Waals surface area contributed by atoms with Gasteiger partial charge in [0.2, 0.25) is 0 Å². The quantitative estimate of drug-likeness (QED) is 0.0692. The van der Waals surface area contributed by atoms with Crippen molar-refractivity contribution in [1.82, 2.24) is 0 Å². The van der Waals surface area contributed by atoms with Crippen LogP contribution in [0.1, 0.15) is 237 Å². The molecule has 0 heteroatoms. The van der Waals surface area contributed by atoms with E-state index >= 15 is 0 Å². The Labute approximate surface area is 289 Å². The lowest BCUT2D eigenvalue weighted by molar-refractivity contribution is 0.179. The van der Waals surface area contributed by atoms with Gasteiger partial charge in [-0.15, -0.1) is 0 Å². The monoisotopic (exact) mass is 633 g/mol. The minimum absolute atomic E-state index is 0.598. The zero-order chi connectivity index (χ0) is 34.1. The van der Waals surface area contributed by atoms with Gasteiger partial charge in [-0.3, -0.25) is 0 Å². The Morgan fingerprint density at radius 3 is 0.689 bits per heavy atom. The molecule has 0 amide bonds. The normalized spacial score (nSPS) is 16.7. The fraction of sp³-hybridized carbons (Fsp3) is 1.00. The summed E-state index contributed by atoms with van der Waals surface area (Å²) in [6.07, 6.45) is 34.5. The van der Waals surface area contributed by atoms with Crippen LogP contribution in [-0.2, 0) is 0 Å². The maximum atomic E-state index is 2.55. The van der Waals surface area contributed by atoms with Crippen molar-refractivity contribution < 1.29 is 0 Å². The summed E-state index contributed by atoms with van der Waals surface area (Å²) in [4.78, 5) is 0. The van der Waals surface area contributed by atoms with Crippen LogP contribution in [0.4, 0.5) is 0 Å². The van der Waals surface area contributed by atoms with Crippen LogP contribution in [-0.4, -0.2) is 0 Å². The maximum Gasteiger partial charge on any atom is -0.0302 e. The highest BCUT2D eigenvalue weighted by Gasteiger charge is 2.27. The highest BCUT2D eigenvalue weighted by molar-refractivity contribution is 4.79. The average Bonchev–Trinajstić information content (AvgIpc) is 2.97. The molecule has 0 rings (SSSR count). The predicted molar refractivity (Wildman–Crippen MR) is 209 cm³/mol. The van der Waals surface area contributed by atoms with E-state index in [0.29, 0.717) is 5.41 Å². The van der Waals surface area contributed by atoms with Crippen molar-refractivity contribution in [2.45, 2.75) is 237 Å². The first-order valence-electron chi connectivity index (χ1n) is 21.3. The summed E-state index contributed by atoms with van der Waals surface area (Å²) in [5.41, 5.74) is 0.598. The summed E-state index contributed by atoms with van der Waals surface area (Å²) in [7, 11) is 0. The molecule has 0 aliphatic carbocycles. The Hall–Kier alpha value is 0. The fourth-order valence-electron chi connectivity index (χ4n) is 8.06. The van der Waals surface area contributed by atoms with Crippen LogP contribution >= 0.6 is 0 Å². The second-order valence-corrected chi connectivity index (χ2v) is 18.3. The van der Waals surface area contributed by atoms with Crippen LogP contribution in [0.2, 0.25) is 0 Å². The van der Waals surface area contributed by atoms with Gasteiger partial charge in [0.15, 0.2) is 0 Å². The number of rotatable bonds is 32. The largest absolute Gasteiger partial charge is 0.0649 e. The summed E-state index contributed by atoms with van der Waals surface area (Å²) >= 11 is 0. The van der Waals surface area contributed by atoms with Crippen LogP contribution < -0.4 is 0 Å². The average molecular weight is 633 g/mol. The topological polar surface area (TPSA) is 0 Å². The second-order valence-electron chi connectivity index (χ2n) is 18.3. The molecule has 0 heterocycles. The molecule has 0 nitrogen and oxygen atoms in total. The van der Waals surface area contributed by atoms with E-state index in [1.165, 1.54) is 154 Å². The molecule has 0 bridgehead atoms. The van der Waals surface area contributed by atoms with E-state index in [1.807, 2.05) is 0 Å². The molecule has 0 saturated carbocycles. The summed E-state index contributed by atoms with van der Waals surface area (Å²) in [6.45, 7) is 29.5. The number of hydrogen-bond donors (Lipinski definition) is 0. The maximum absolute atomic E-state index is 2.55. The zero-order valence-corrected chi connectivity index (χ0v) is 34.1. The third-order valence-electron chi connectivity index (χ3n) is 12.4. The lowest BCUT2D eigenvalue weighted by Crippen LogP contribution is -2.21. The lowest BCUT2D eigenvalue weighted by Gasteiger charge is -2.34. The van der Waals surface area contributed by atoms with Gasteiger partial charge in [-0.2, -0.15) is 0 Å². The van der Waals surface area contributed by atoms with Gasteiger partial charge in [0.1, 0.15) is 0 Å². The molecule has 6 atom stereocenters. The van der Waals surface area contributed by atoms with Crippen LogP contribution in [0.3, 0.4) is 0 Å². The molecule has 0 aromatic rings. The Bertz CT molecular complexity index is 562. The molecule has 0 N–H and O–H groups in total. The summed E-state index contributed by atoms with van der Waals surface area (Å²) in [5.74, 6) is 7.24. The molecule has 45 heavy (non-hydrogen) atoms. The van der Waals surface area contributed by atoms with Crippen LogP contribution in [0.25, 0.3) is 0 Å². The van der Waals surface area contributed by atoms with Gasteiger partial charge < -0.3 is 0 Å². The van der Waals surface area contributed by atoms with E-state index < -0.39 is 0 Å². The van der Waals surface area contributed by atoms with Crippen molar-refractivity contribution in [1.29, 1.82) is 0 Å². The van der Waals surface area contributed by atoms with Gasteiger partial charge in [0.25, 0.3) is 0 Å². The van der Waals surface area contributed by atoms with Gasteiger partial charge in [-0.1, -0.05) is 224 Å². The highest BCUT2D eigenvalue weighted by Crippen LogP contribution is 2.40. The summed E-state index contributed by atoms with van der Waals surface area (Å²) < 4.78 is 0. The van der Waals surface area contributed by atoms with Crippen molar-refractivity contribution in [2.24, 2.45) is 52.8 Å². The molecule has 0 aliphatic rings. The molecule has 0 aromatic heterocycles. The fourth-order valence-corrected chi connectivity index (χ4v) is 8.06. The molecule has 6 unspecified atom stereocenters. The minimum Gasteiger partial charge on any atom is -0.0649 e. The Balaban J connectivity index is 4.13. The third-order valence-corrected chi connectivity index (χ3v) is 12.4. The molecule has 0 fully saturated rings. The molecule has 0 aliphatic heterocycles. The van der Waals surface area contributed by atoms with Gasteiger partial charge in [0, 0.05) is 0 Å². The molecule has 0 saturated heterocycles. The van der Waals surface area contributed by atoms with E-state index in [0.717, 1.165) is 47.3 Å². The number of hydrogen-bond acceptors (Lipinski definition) is 0. The standard InChI is InChI=1S/C45H92/c1-13-45(14-2,35-33-43(11)31-19-29-41(9)27-17-25-39(7)23-15-21-37(3)4)36-34-44(12)32-20-30-42(10)28-18-26-40(8)24-16-22-38(5)6/h37-44H,13-36H2,1-12H3. The Kier molecular flexibility index (Phi) is 27.9. The van der Waals surface area contributed by atoms with Crippen LogP contribution in [0, 0.1) is 52.8 Å². The zero-order valence-electron chi connectivity index (χ0n) is 34.1. The second kappa shape index (κ2) is 27.9. The smallest absolute Gasteiger partial charge is 0.0302 e. The van der Waals surface area contributed by atoms with Crippen LogP contribution in [0.15, 0.2) is 0 Å². The molecule has 0 radical (unpaired) electrons. The SMILES string of the molecule is CCC(CC)(CCC(C)CCCC(C)CCCC(C)CCCC(C)C)CCC(C)CCCC(C)CCCC(C)CCCC(C)C. The van der Waals surface area contributed by atoms with E-state index in [1.54, 1.807) is 0 Å². The van der Waals surface area contributed by atoms with Gasteiger partial charge in [-0.25, -0.2) is 0 Å². The first-order chi connectivity index (χ1) is 21.3. The van der Waals surface area contributed by atoms with Crippen molar-refractivity contribution in [3.8, 4) is 0 Å². The summed E-state index contributed by atoms with van der Waals surface area (Å²) in [6, 6.07) is 0. The predicted octanol–water partition coefficient (Wildman–Crippen LogP) is 16.5. The first-order valence-corrected chi connectivity index (χ1v) is 21.3. The van der Waals surface area contributed by atoms with Crippen molar-refractivity contribution in [2.75, 3.05) is 0 Å². The molecule has 272 valence electrons. The van der Waals surface area contributed by atoms with Crippen molar-refractivity contribution >= 4 is 0 Å².